The van der Waals surface area contributed by atoms with Crippen molar-refractivity contribution in [1.82, 2.24) is 10.6 Å². The molecule has 0 saturated carbocycles. The Kier molecular flexibility index (Phi) is 9.31. The summed E-state index contributed by atoms with van der Waals surface area (Å²) in [6, 6.07) is -0.648. The average molecular weight is 405 g/mol. The van der Waals surface area contributed by atoms with Crippen molar-refractivity contribution >= 4 is 17.7 Å². The van der Waals surface area contributed by atoms with E-state index in [1.807, 2.05) is 6.92 Å². The van der Waals surface area contributed by atoms with Crippen molar-refractivity contribution < 1.29 is 24.9 Å². The molecule has 2 heterocycles. The molecule has 5 N–H and O–H groups in total. The second-order valence-electron chi connectivity index (χ2n) is 7.77. The molecule has 7 nitrogen and oxygen atoms in total. The monoisotopic (exact) mass is 404 g/mol. The first-order valence-electron chi connectivity index (χ1n) is 10.2. The molecule has 2 rings (SSSR count). The second kappa shape index (κ2) is 11.0. The largest absolute Gasteiger partial charge is 0.388 e. The molecule has 0 aromatic heterocycles. The van der Waals surface area contributed by atoms with Crippen LogP contribution in [0.4, 0.5) is 0 Å². The van der Waals surface area contributed by atoms with Crippen molar-refractivity contribution in [2.45, 2.75) is 94.3 Å². The van der Waals surface area contributed by atoms with E-state index in [1.165, 1.54) is 11.8 Å². The van der Waals surface area contributed by atoms with Crippen LogP contribution in [0.2, 0.25) is 0 Å². The quantitative estimate of drug-likeness (QED) is 0.403. The van der Waals surface area contributed by atoms with Gasteiger partial charge in [0.05, 0.1) is 12.1 Å². The lowest BCUT2D eigenvalue weighted by Crippen LogP contribution is -2.63. The van der Waals surface area contributed by atoms with E-state index in [1.54, 1.807) is 6.26 Å². The first-order chi connectivity index (χ1) is 12.9. The highest BCUT2D eigenvalue weighted by Gasteiger charge is 2.46. The Balaban J connectivity index is 2.04. The molecule has 8 atom stereocenters. The lowest BCUT2D eigenvalue weighted by molar-refractivity contribution is -0.205. The third kappa shape index (κ3) is 5.81. The van der Waals surface area contributed by atoms with E-state index in [9.17, 15) is 20.1 Å². The zero-order chi connectivity index (χ0) is 20.0. The molecule has 1 amide bonds. The van der Waals surface area contributed by atoms with Crippen molar-refractivity contribution in [3.8, 4) is 0 Å². The van der Waals surface area contributed by atoms with Crippen molar-refractivity contribution in [3.63, 3.8) is 0 Å². The van der Waals surface area contributed by atoms with E-state index in [4.69, 9.17) is 4.74 Å². The van der Waals surface area contributed by atoms with Gasteiger partial charge in [-0.2, -0.15) is 0 Å². The zero-order valence-corrected chi connectivity index (χ0v) is 17.5. The predicted octanol–water partition coefficient (Wildman–Crippen LogP) is 0.610. The number of hydrogen-bond donors (Lipinski definition) is 5. The number of piperidine rings is 1. The summed E-state index contributed by atoms with van der Waals surface area (Å²) in [6.07, 6.45) is 2.94. The van der Waals surface area contributed by atoms with Crippen LogP contribution in [0.15, 0.2) is 0 Å². The van der Waals surface area contributed by atoms with Gasteiger partial charge in [-0.3, -0.25) is 4.79 Å². The minimum absolute atomic E-state index is 0.0774. The fraction of sp³-hybridized carbons (Fsp3) is 0.947. The molecule has 0 aliphatic carbocycles. The number of rotatable bonds is 8. The molecule has 0 spiro atoms. The second-order valence-corrected chi connectivity index (χ2v) is 8.70. The number of carbonyl (C=O) groups is 1. The number of thioether (sulfide) groups is 1. The molecule has 0 radical (unpaired) electrons. The molecule has 0 unspecified atom stereocenters. The van der Waals surface area contributed by atoms with Crippen molar-refractivity contribution in [2.24, 2.45) is 5.92 Å². The number of aliphatic hydroxyl groups is 3. The van der Waals surface area contributed by atoms with Gasteiger partial charge in [-0.15, -0.1) is 11.8 Å². The van der Waals surface area contributed by atoms with Crippen LogP contribution in [0.1, 0.15) is 52.4 Å². The van der Waals surface area contributed by atoms with Crippen LogP contribution in [0.5, 0.6) is 0 Å². The summed E-state index contributed by atoms with van der Waals surface area (Å²) in [5, 5.41) is 37.0. The Bertz CT molecular complexity index is 465. The lowest BCUT2D eigenvalue weighted by atomic mass is 9.88. The highest BCUT2D eigenvalue weighted by molar-refractivity contribution is 7.99. The SMILES string of the molecule is CCC[C@@H]1CCN[C@H](C(=O)N[C@H](CCC)[C@H]2O[C@H](SC)[C@H](O)[C@@H](O)[C@H]2O)C1. The maximum absolute atomic E-state index is 12.9. The summed E-state index contributed by atoms with van der Waals surface area (Å²) in [4.78, 5) is 12.9. The smallest absolute Gasteiger partial charge is 0.237 e. The minimum atomic E-state index is -1.29. The van der Waals surface area contributed by atoms with Crippen LogP contribution in [-0.4, -0.2) is 76.0 Å². The predicted molar refractivity (Wildman–Crippen MR) is 106 cm³/mol. The van der Waals surface area contributed by atoms with Gasteiger partial charge in [-0.25, -0.2) is 0 Å². The molecule has 2 saturated heterocycles. The van der Waals surface area contributed by atoms with Crippen LogP contribution in [0.3, 0.4) is 0 Å². The van der Waals surface area contributed by atoms with E-state index in [0.717, 1.165) is 38.6 Å². The van der Waals surface area contributed by atoms with Gasteiger partial charge >= 0.3 is 0 Å². The first-order valence-corrected chi connectivity index (χ1v) is 11.5. The van der Waals surface area contributed by atoms with Crippen LogP contribution in [-0.2, 0) is 9.53 Å². The third-order valence-electron chi connectivity index (χ3n) is 5.69. The van der Waals surface area contributed by atoms with E-state index in [2.05, 4.69) is 17.6 Å². The summed E-state index contributed by atoms with van der Waals surface area (Å²) < 4.78 is 5.86. The van der Waals surface area contributed by atoms with E-state index < -0.39 is 35.9 Å². The highest BCUT2D eigenvalue weighted by atomic mass is 32.2. The number of nitrogens with one attached hydrogen (secondary N) is 2. The van der Waals surface area contributed by atoms with E-state index >= 15 is 0 Å². The molecule has 0 bridgehead atoms. The van der Waals surface area contributed by atoms with Gasteiger partial charge in [0.25, 0.3) is 0 Å². The van der Waals surface area contributed by atoms with E-state index in [0.29, 0.717) is 12.3 Å². The number of hydrogen-bond acceptors (Lipinski definition) is 7. The Hall–Kier alpha value is -0.380. The molecule has 27 heavy (non-hydrogen) atoms. The maximum Gasteiger partial charge on any atom is 0.237 e. The standard InChI is InChI=1S/C19H36N2O5S/c1-4-6-11-8-9-20-13(10-11)18(25)21-12(7-5-2)17-15(23)14(22)16(24)19(26-17)27-3/h11-17,19-20,22-24H,4-10H2,1-3H3,(H,21,25)/t11-,12-,13+,14+,15-,16-,17-,19-/m1/s1. The molecule has 158 valence electrons. The molecular formula is C19H36N2O5S. The summed E-state index contributed by atoms with van der Waals surface area (Å²) >= 11 is 1.28. The van der Waals surface area contributed by atoms with Crippen LogP contribution >= 0.6 is 11.8 Å². The van der Waals surface area contributed by atoms with Gasteiger partial charge < -0.3 is 30.7 Å². The van der Waals surface area contributed by atoms with Crippen LogP contribution in [0, 0.1) is 5.92 Å². The van der Waals surface area contributed by atoms with Crippen molar-refractivity contribution in [3.05, 3.63) is 0 Å². The topological polar surface area (TPSA) is 111 Å². The summed E-state index contributed by atoms with van der Waals surface area (Å²) in [7, 11) is 0. The van der Waals surface area contributed by atoms with Gasteiger partial charge in [-0.1, -0.05) is 33.1 Å². The van der Waals surface area contributed by atoms with Gasteiger partial charge in [0.1, 0.15) is 29.9 Å². The molecular weight excluding hydrogens is 368 g/mol. The summed E-state index contributed by atoms with van der Waals surface area (Å²) in [5.41, 5.74) is -0.633. The molecule has 8 heteroatoms. The molecule has 2 fully saturated rings. The normalized spacial score (nSPS) is 38.4. The molecule has 2 aliphatic rings. The van der Waals surface area contributed by atoms with Gasteiger partial charge in [0.15, 0.2) is 0 Å². The van der Waals surface area contributed by atoms with Crippen LogP contribution < -0.4 is 10.6 Å². The number of carbonyl (C=O) groups excluding carboxylic acids is 1. The fourth-order valence-electron chi connectivity index (χ4n) is 4.18. The molecule has 0 aromatic carbocycles. The van der Waals surface area contributed by atoms with Crippen LogP contribution in [0.25, 0.3) is 0 Å². The molecule has 2 aliphatic heterocycles. The average Bonchev–Trinajstić information content (AvgIpc) is 2.66. The summed E-state index contributed by atoms with van der Waals surface area (Å²) in [6.45, 7) is 5.00. The lowest BCUT2D eigenvalue weighted by Gasteiger charge is -2.43. The third-order valence-corrected chi connectivity index (χ3v) is 6.54. The maximum atomic E-state index is 12.9. The number of amides is 1. The van der Waals surface area contributed by atoms with Gasteiger partial charge in [0.2, 0.25) is 5.91 Å². The zero-order valence-electron chi connectivity index (χ0n) is 16.6. The Morgan fingerprint density at radius 2 is 1.96 bits per heavy atom. The summed E-state index contributed by atoms with van der Waals surface area (Å²) in [5.74, 6) is 0.484. The highest BCUT2D eigenvalue weighted by Crippen LogP contribution is 2.30. The van der Waals surface area contributed by atoms with Crippen molar-refractivity contribution in [2.75, 3.05) is 12.8 Å². The number of ether oxygens (including phenoxy) is 1. The van der Waals surface area contributed by atoms with Gasteiger partial charge in [-0.05, 0) is 38.0 Å². The first kappa shape index (κ1) is 22.9. The number of aliphatic hydroxyl groups excluding tert-OH is 3. The fourth-order valence-corrected chi connectivity index (χ4v) is 4.86. The minimum Gasteiger partial charge on any atom is -0.388 e. The van der Waals surface area contributed by atoms with Gasteiger partial charge in [0, 0.05) is 0 Å². The Labute approximate surface area is 166 Å². The Morgan fingerprint density at radius 3 is 2.59 bits per heavy atom. The Morgan fingerprint density at radius 1 is 1.22 bits per heavy atom. The molecule has 0 aromatic rings. The van der Waals surface area contributed by atoms with Crippen molar-refractivity contribution in [1.29, 1.82) is 0 Å². The van der Waals surface area contributed by atoms with E-state index in [-0.39, 0.29) is 11.9 Å².